The van der Waals surface area contributed by atoms with Gasteiger partial charge in [-0.1, -0.05) is 0 Å². The lowest BCUT2D eigenvalue weighted by Crippen LogP contribution is -2.43. The quantitative estimate of drug-likeness (QED) is 0.917. The Morgan fingerprint density at radius 1 is 1.44 bits per heavy atom. The van der Waals surface area contributed by atoms with Crippen molar-refractivity contribution in [2.45, 2.75) is 26.4 Å². The standard InChI is InChI=1S/C11H19BrN4/c1-9(2)16-7-10(12)14-11(16)8-15-5-3-13-4-6-15/h7,9,13H,3-6,8H2,1-2H3. The lowest BCUT2D eigenvalue weighted by atomic mass is 10.3. The third kappa shape index (κ3) is 2.84. The molecule has 0 unspecified atom stereocenters. The predicted molar refractivity (Wildman–Crippen MR) is 68.5 cm³/mol. The summed E-state index contributed by atoms with van der Waals surface area (Å²) in [5.41, 5.74) is 0. The number of rotatable bonds is 3. The molecule has 0 spiro atoms. The smallest absolute Gasteiger partial charge is 0.124 e. The maximum Gasteiger partial charge on any atom is 0.124 e. The minimum absolute atomic E-state index is 0.469. The Bertz CT molecular complexity index is 342. The Kier molecular flexibility index (Phi) is 4.00. The van der Waals surface area contributed by atoms with Crippen LogP contribution in [-0.4, -0.2) is 40.6 Å². The molecule has 0 bridgehead atoms. The van der Waals surface area contributed by atoms with Crippen LogP contribution in [0.5, 0.6) is 0 Å². The first-order valence-electron chi connectivity index (χ1n) is 5.83. The van der Waals surface area contributed by atoms with Crippen LogP contribution in [0.15, 0.2) is 10.8 Å². The Hall–Kier alpha value is -0.390. The molecule has 0 aliphatic carbocycles. The number of nitrogens with one attached hydrogen (secondary N) is 1. The Morgan fingerprint density at radius 3 is 2.75 bits per heavy atom. The highest BCUT2D eigenvalue weighted by molar-refractivity contribution is 9.10. The van der Waals surface area contributed by atoms with Crippen molar-refractivity contribution in [1.29, 1.82) is 0 Å². The van der Waals surface area contributed by atoms with Gasteiger partial charge in [0.05, 0.1) is 6.54 Å². The normalized spacial score (nSPS) is 18.2. The van der Waals surface area contributed by atoms with E-state index in [2.05, 4.69) is 55.7 Å². The van der Waals surface area contributed by atoms with Crippen molar-refractivity contribution in [3.63, 3.8) is 0 Å². The fourth-order valence-corrected chi connectivity index (χ4v) is 2.46. The zero-order chi connectivity index (χ0) is 11.5. The van der Waals surface area contributed by atoms with Crippen molar-refractivity contribution in [3.8, 4) is 0 Å². The number of halogens is 1. The van der Waals surface area contributed by atoms with E-state index in [1.54, 1.807) is 0 Å². The lowest BCUT2D eigenvalue weighted by molar-refractivity contribution is 0.224. The zero-order valence-electron chi connectivity index (χ0n) is 9.91. The van der Waals surface area contributed by atoms with Gasteiger partial charge < -0.3 is 9.88 Å². The van der Waals surface area contributed by atoms with Gasteiger partial charge in [0.1, 0.15) is 10.4 Å². The molecule has 0 saturated carbocycles. The molecule has 90 valence electrons. The van der Waals surface area contributed by atoms with Gasteiger partial charge in [-0.15, -0.1) is 0 Å². The summed E-state index contributed by atoms with van der Waals surface area (Å²) >= 11 is 3.45. The molecule has 1 saturated heterocycles. The van der Waals surface area contributed by atoms with Crippen LogP contribution >= 0.6 is 15.9 Å². The van der Waals surface area contributed by atoms with Crippen LogP contribution in [0.2, 0.25) is 0 Å². The molecule has 0 radical (unpaired) electrons. The SMILES string of the molecule is CC(C)n1cc(Br)nc1CN1CCNCC1. The van der Waals surface area contributed by atoms with Crippen LogP contribution in [0.25, 0.3) is 0 Å². The Balaban J connectivity index is 2.07. The van der Waals surface area contributed by atoms with E-state index < -0.39 is 0 Å². The van der Waals surface area contributed by atoms with Gasteiger partial charge in [-0.2, -0.15) is 0 Å². The first kappa shape index (κ1) is 12.1. The van der Waals surface area contributed by atoms with Gasteiger partial charge in [0.15, 0.2) is 0 Å². The molecule has 1 aromatic heterocycles. The van der Waals surface area contributed by atoms with E-state index in [9.17, 15) is 0 Å². The molecule has 16 heavy (non-hydrogen) atoms. The predicted octanol–water partition coefficient (Wildman–Crippen LogP) is 1.63. The molecule has 5 heteroatoms. The maximum atomic E-state index is 4.54. The molecule has 2 heterocycles. The van der Waals surface area contributed by atoms with Gasteiger partial charge in [-0.05, 0) is 29.8 Å². The van der Waals surface area contributed by atoms with Gasteiger partial charge in [0, 0.05) is 38.4 Å². The molecule has 1 aromatic rings. The first-order chi connectivity index (χ1) is 7.66. The van der Waals surface area contributed by atoms with Crippen LogP contribution in [0.1, 0.15) is 25.7 Å². The summed E-state index contributed by atoms with van der Waals surface area (Å²) in [6.07, 6.45) is 2.07. The number of hydrogen-bond donors (Lipinski definition) is 1. The van der Waals surface area contributed by atoms with Crippen LogP contribution in [0.3, 0.4) is 0 Å². The van der Waals surface area contributed by atoms with Crippen molar-refractivity contribution in [2.75, 3.05) is 26.2 Å². The fourth-order valence-electron chi connectivity index (χ4n) is 2.03. The van der Waals surface area contributed by atoms with Crippen LogP contribution in [0, 0.1) is 0 Å². The molecule has 0 atom stereocenters. The third-order valence-electron chi connectivity index (χ3n) is 2.91. The molecular formula is C11H19BrN4. The Morgan fingerprint density at radius 2 is 2.12 bits per heavy atom. The van der Waals surface area contributed by atoms with Crippen molar-refractivity contribution < 1.29 is 0 Å². The molecule has 1 aliphatic rings. The van der Waals surface area contributed by atoms with Crippen LogP contribution in [-0.2, 0) is 6.54 Å². The second kappa shape index (κ2) is 5.29. The number of piperazine rings is 1. The summed E-state index contributed by atoms with van der Waals surface area (Å²) in [6.45, 7) is 9.73. The fraction of sp³-hybridized carbons (Fsp3) is 0.727. The average Bonchev–Trinajstić information content (AvgIpc) is 2.61. The van der Waals surface area contributed by atoms with Gasteiger partial charge in [0.25, 0.3) is 0 Å². The number of aromatic nitrogens is 2. The first-order valence-corrected chi connectivity index (χ1v) is 6.62. The number of imidazole rings is 1. The summed E-state index contributed by atoms with van der Waals surface area (Å²) in [7, 11) is 0. The van der Waals surface area contributed by atoms with E-state index in [0.29, 0.717) is 6.04 Å². The van der Waals surface area contributed by atoms with Crippen molar-refractivity contribution in [3.05, 3.63) is 16.6 Å². The summed E-state index contributed by atoms with van der Waals surface area (Å²) in [4.78, 5) is 6.99. The minimum Gasteiger partial charge on any atom is -0.330 e. The van der Waals surface area contributed by atoms with Crippen molar-refractivity contribution >= 4 is 15.9 Å². The molecule has 1 aliphatic heterocycles. The highest BCUT2D eigenvalue weighted by Crippen LogP contribution is 2.16. The maximum absolute atomic E-state index is 4.54. The summed E-state index contributed by atoms with van der Waals surface area (Å²) < 4.78 is 3.18. The van der Waals surface area contributed by atoms with Gasteiger partial charge >= 0.3 is 0 Å². The molecule has 0 amide bonds. The molecule has 1 fully saturated rings. The van der Waals surface area contributed by atoms with Crippen LogP contribution < -0.4 is 5.32 Å². The summed E-state index contributed by atoms with van der Waals surface area (Å²) in [5, 5.41) is 3.36. The van der Waals surface area contributed by atoms with E-state index in [1.165, 1.54) is 0 Å². The highest BCUT2D eigenvalue weighted by Gasteiger charge is 2.15. The molecule has 0 aromatic carbocycles. The molecule has 4 nitrogen and oxygen atoms in total. The highest BCUT2D eigenvalue weighted by atomic mass is 79.9. The van der Waals surface area contributed by atoms with Crippen LogP contribution in [0.4, 0.5) is 0 Å². The molecule has 1 N–H and O–H groups in total. The number of nitrogens with zero attached hydrogens (tertiary/aromatic N) is 3. The van der Waals surface area contributed by atoms with Crippen molar-refractivity contribution in [2.24, 2.45) is 0 Å². The van der Waals surface area contributed by atoms with Crippen molar-refractivity contribution in [1.82, 2.24) is 19.8 Å². The molecular weight excluding hydrogens is 268 g/mol. The van der Waals surface area contributed by atoms with E-state index in [0.717, 1.165) is 43.2 Å². The lowest BCUT2D eigenvalue weighted by Gasteiger charge is -2.27. The van der Waals surface area contributed by atoms with E-state index in [4.69, 9.17) is 0 Å². The second-order valence-corrected chi connectivity index (χ2v) is 5.32. The minimum atomic E-state index is 0.469. The topological polar surface area (TPSA) is 33.1 Å². The summed E-state index contributed by atoms with van der Waals surface area (Å²) in [6, 6.07) is 0.469. The zero-order valence-corrected chi connectivity index (χ0v) is 11.5. The van der Waals surface area contributed by atoms with E-state index in [1.807, 2.05) is 0 Å². The molecule has 2 rings (SSSR count). The van der Waals surface area contributed by atoms with E-state index in [-0.39, 0.29) is 0 Å². The van der Waals surface area contributed by atoms with Gasteiger partial charge in [-0.25, -0.2) is 4.98 Å². The monoisotopic (exact) mass is 286 g/mol. The second-order valence-electron chi connectivity index (χ2n) is 4.51. The average molecular weight is 287 g/mol. The van der Waals surface area contributed by atoms with Gasteiger partial charge in [-0.3, -0.25) is 4.90 Å². The largest absolute Gasteiger partial charge is 0.330 e. The third-order valence-corrected chi connectivity index (χ3v) is 3.29. The van der Waals surface area contributed by atoms with E-state index >= 15 is 0 Å². The number of hydrogen-bond acceptors (Lipinski definition) is 3. The summed E-state index contributed by atoms with van der Waals surface area (Å²) in [5.74, 6) is 1.16. The van der Waals surface area contributed by atoms with Gasteiger partial charge in [0.2, 0.25) is 0 Å². The Labute approximate surface area is 105 Å².